The highest BCUT2D eigenvalue weighted by atomic mass is 16.5. The predicted molar refractivity (Wildman–Crippen MR) is 85.9 cm³/mol. The second-order valence-corrected chi connectivity index (χ2v) is 6.84. The van der Waals surface area contributed by atoms with Crippen LogP contribution in [-0.2, 0) is 20.7 Å². The minimum absolute atomic E-state index is 0.0327. The first kappa shape index (κ1) is 16.7. The molecule has 6 heteroatoms. The number of Topliss-reactive ketones (excluding diaryl/α,β-unsaturated/α-hetero) is 1. The summed E-state index contributed by atoms with van der Waals surface area (Å²) in [6.07, 6.45) is 4.44. The number of methoxy groups -OCH3 is 1. The minimum Gasteiger partial charge on any atom is -0.468 e. The van der Waals surface area contributed by atoms with E-state index in [2.05, 4.69) is 4.98 Å². The van der Waals surface area contributed by atoms with Gasteiger partial charge in [0, 0.05) is 11.3 Å². The van der Waals surface area contributed by atoms with Crippen molar-refractivity contribution in [1.29, 1.82) is 0 Å². The van der Waals surface area contributed by atoms with Gasteiger partial charge in [0.1, 0.15) is 17.7 Å². The summed E-state index contributed by atoms with van der Waals surface area (Å²) in [5, 5.41) is 0. The normalized spacial score (nSPS) is 23.9. The van der Waals surface area contributed by atoms with E-state index in [-0.39, 0.29) is 17.8 Å². The number of carbonyl (C=O) groups excluding carboxylic acids is 3. The standard InChI is InChI=1S/C18H23NO5/c1-9-8-12-14(16(20)13(9)17(21)23-3)10(2)15(19-12)18(22)24-11-6-4-5-7-11/h9,11,13,19H,4-8H2,1-3H3/t9-,13-/m1/s1. The van der Waals surface area contributed by atoms with Crippen molar-refractivity contribution in [3.05, 3.63) is 22.5 Å². The third-order valence-electron chi connectivity index (χ3n) is 5.19. The van der Waals surface area contributed by atoms with E-state index < -0.39 is 17.9 Å². The Hall–Kier alpha value is -2.11. The van der Waals surface area contributed by atoms with Crippen LogP contribution in [0.3, 0.4) is 0 Å². The summed E-state index contributed by atoms with van der Waals surface area (Å²) in [6.45, 7) is 3.57. The summed E-state index contributed by atoms with van der Waals surface area (Å²) in [6, 6.07) is 0. The van der Waals surface area contributed by atoms with E-state index in [1.54, 1.807) is 6.92 Å². The molecule has 0 unspecified atom stereocenters. The molecule has 0 amide bonds. The number of ketones is 1. The average molecular weight is 333 g/mol. The second kappa shape index (κ2) is 6.42. The Bertz CT molecular complexity index is 684. The molecule has 1 saturated carbocycles. The number of aromatic amines is 1. The quantitative estimate of drug-likeness (QED) is 0.679. The Kier molecular flexibility index (Phi) is 4.47. The van der Waals surface area contributed by atoms with Crippen LogP contribution < -0.4 is 0 Å². The van der Waals surface area contributed by atoms with Crippen LogP contribution in [0.5, 0.6) is 0 Å². The van der Waals surface area contributed by atoms with E-state index in [1.165, 1.54) is 7.11 Å². The number of ether oxygens (including phenoxy) is 2. The van der Waals surface area contributed by atoms with Crippen LogP contribution in [0, 0.1) is 18.8 Å². The summed E-state index contributed by atoms with van der Waals surface area (Å²) < 4.78 is 10.3. The number of hydrogen-bond acceptors (Lipinski definition) is 5. The number of H-pyrrole nitrogens is 1. The predicted octanol–water partition coefficient (Wildman–Crippen LogP) is 2.59. The highest BCUT2D eigenvalue weighted by Gasteiger charge is 2.42. The van der Waals surface area contributed by atoms with Crippen molar-refractivity contribution in [2.45, 2.75) is 52.1 Å². The van der Waals surface area contributed by atoms with Gasteiger partial charge in [0.15, 0.2) is 5.78 Å². The number of nitrogens with one attached hydrogen (secondary N) is 1. The molecule has 1 heterocycles. The highest BCUT2D eigenvalue weighted by molar-refractivity contribution is 6.12. The molecule has 2 aliphatic carbocycles. The maximum absolute atomic E-state index is 12.8. The number of carbonyl (C=O) groups is 3. The number of hydrogen-bond donors (Lipinski definition) is 1. The Labute approximate surface area is 140 Å². The van der Waals surface area contributed by atoms with Gasteiger partial charge in [-0.1, -0.05) is 6.92 Å². The lowest BCUT2D eigenvalue weighted by Gasteiger charge is -2.25. The molecule has 0 aromatic carbocycles. The molecule has 1 aromatic heterocycles. The van der Waals surface area contributed by atoms with Crippen molar-refractivity contribution in [1.82, 2.24) is 4.98 Å². The lowest BCUT2D eigenvalue weighted by molar-refractivity contribution is -0.145. The van der Waals surface area contributed by atoms with Gasteiger partial charge in [-0.3, -0.25) is 9.59 Å². The number of fused-ring (bicyclic) bond motifs is 1. The smallest absolute Gasteiger partial charge is 0.355 e. The molecule has 1 N–H and O–H groups in total. The van der Waals surface area contributed by atoms with Crippen LogP contribution >= 0.6 is 0 Å². The summed E-state index contributed by atoms with van der Waals surface area (Å²) in [4.78, 5) is 40.2. The zero-order valence-corrected chi connectivity index (χ0v) is 14.3. The first-order chi connectivity index (χ1) is 11.4. The van der Waals surface area contributed by atoms with Crippen molar-refractivity contribution in [2.24, 2.45) is 11.8 Å². The SMILES string of the molecule is COC(=O)[C@H]1C(=O)c2c([nH]c(C(=O)OC3CCCC3)c2C)C[C@H]1C. The summed E-state index contributed by atoms with van der Waals surface area (Å²) in [7, 11) is 1.28. The van der Waals surface area contributed by atoms with Crippen LogP contribution in [0.2, 0.25) is 0 Å². The Morgan fingerprint density at radius 1 is 1.21 bits per heavy atom. The van der Waals surface area contributed by atoms with E-state index in [0.717, 1.165) is 25.7 Å². The molecule has 6 nitrogen and oxygen atoms in total. The number of esters is 2. The second-order valence-electron chi connectivity index (χ2n) is 6.84. The Balaban J connectivity index is 1.89. The van der Waals surface area contributed by atoms with Crippen LogP contribution in [0.1, 0.15) is 64.7 Å². The van der Waals surface area contributed by atoms with Gasteiger partial charge in [-0.2, -0.15) is 0 Å². The molecule has 1 fully saturated rings. The van der Waals surface area contributed by atoms with Gasteiger partial charge in [-0.05, 0) is 50.5 Å². The molecule has 0 aliphatic heterocycles. The zero-order valence-electron chi connectivity index (χ0n) is 14.3. The van der Waals surface area contributed by atoms with Crippen LogP contribution in [-0.4, -0.2) is 35.9 Å². The summed E-state index contributed by atoms with van der Waals surface area (Å²) in [5.41, 5.74) is 2.06. The largest absolute Gasteiger partial charge is 0.468 e. The molecule has 0 saturated heterocycles. The number of rotatable bonds is 3. The van der Waals surface area contributed by atoms with Crippen molar-refractivity contribution in [3.8, 4) is 0 Å². The number of aromatic nitrogens is 1. The topological polar surface area (TPSA) is 85.5 Å². The molecule has 3 rings (SSSR count). The van der Waals surface area contributed by atoms with Crippen molar-refractivity contribution < 1.29 is 23.9 Å². The molecule has 2 aliphatic rings. The van der Waals surface area contributed by atoms with Crippen LogP contribution in [0.4, 0.5) is 0 Å². The first-order valence-electron chi connectivity index (χ1n) is 8.48. The van der Waals surface area contributed by atoms with Crippen molar-refractivity contribution in [2.75, 3.05) is 7.11 Å². The summed E-state index contributed by atoms with van der Waals surface area (Å²) >= 11 is 0. The van der Waals surface area contributed by atoms with E-state index in [9.17, 15) is 14.4 Å². The maximum Gasteiger partial charge on any atom is 0.355 e. The average Bonchev–Trinajstić information content (AvgIpc) is 3.15. The third kappa shape index (κ3) is 2.74. The lowest BCUT2D eigenvalue weighted by atomic mass is 9.77. The van der Waals surface area contributed by atoms with Gasteiger partial charge in [-0.25, -0.2) is 4.79 Å². The van der Waals surface area contributed by atoms with Gasteiger partial charge in [-0.15, -0.1) is 0 Å². The molecular weight excluding hydrogens is 310 g/mol. The van der Waals surface area contributed by atoms with Gasteiger partial charge < -0.3 is 14.5 Å². The minimum atomic E-state index is -0.810. The molecule has 0 spiro atoms. The van der Waals surface area contributed by atoms with Crippen molar-refractivity contribution >= 4 is 17.7 Å². The molecular formula is C18H23NO5. The zero-order chi connectivity index (χ0) is 17.4. The molecule has 2 atom stereocenters. The molecule has 0 bridgehead atoms. The van der Waals surface area contributed by atoms with Gasteiger partial charge in [0.2, 0.25) is 0 Å². The van der Waals surface area contributed by atoms with Crippen LogP contribution in [0.15, 0.2) is 0 Å². The maximum atomic E-state index is 12.8. The monoisotopic (exact) mass is 333 g/mol. The van der Waals surface area contributed by atoms with Gasteiger partial charge in [0.05, 0.1) is 7.11 Å². The van der Waals surface area contributed by atoms with E-state index in [4.69, 9.17) is 9.47 Å². The van der Waals surface area contributed by atoms with E-state index in [0.29, 0.717) is 28.9 Å². The van der Waals surface area contributed by atoms with E-state index in [1.807, 2.05) is 6.92 Å². The fraction of sp³-hybridized carbons (Fsp3) is 0.611. The molecule has 0 radical (unpaired) electrons. The summed E-state index contributed by atoms with van der Waals surface area (Å²) in [5.74, 6) is -2.19. The third-order valence-corrected chi connectivity index (χ3v) is 5.19. The fourth-order valence-corrected chi connectivity index (χ4v) is 3.89. The Morgan fingerprint density at radius 2 is 1.88 bits per heavy atom. The van der Waals surface area contributed by atoms with Crippen LogP contribution in [0.25, 0.3) is 0 Å². The van der Waals surface area contributed by atoms with Gasteiger partial charge >= 0.3 is 11.9 Å². The van der Waals surface area contributed by atoms with Crippen molar-refractivity contribution in [3.63, 3.8) is 0 Å². The molecule has 1 aromatic rings. The van der Waals surface area contributed by atoms with E-state index >= 15 is 0 Å². The fourth-order valence-electron chi connectivity index (χ4n) is 3.89. The highest BCUT2D eigenvalue weighted by Crippen LogP contribution is 2.34. The molecule has 24 heavy (non-hydrogen) atoms. The van der Waals surface area contributed by atoms with Gasteiger partial charge in [0.25, 0.3) is 0 Å². The molecule has 130 valence electrons. The first-order valence-corrected chi connectivity index (χ1v) is 8.48. The lowest BCUT2D eigenvalue weighted by Crippen LogP contribution is -2.36. The Morgan fingerprint density at radius 3 is 2.50 bits per heavy atom.